The molecule has 0 bridgehead atoms. The molecule has 1 amide bonds. The molecule has 0 spiro atoms. The van der Waals surface area contributed by atoms with Crippen LogP contribution in [0.1, 0.15) is 53.2 Å². The molecule has 8 heteroatoms. The number of aromatic nitrogens is 5. The normalized spacial score (nSPS) is 23.9. The van der Waals surface area contributed by atoms with Crippen molar-refractivity contribution in [2.45, 2.75) is 44.2 Å². The van der Waals surface area contributed by atoms with Gasteiger partial charge < -0.3 is 10.0 Å². The first-order valence-electron chi connectivity index (χ1n) is 10.1. The zero-order valence-electron chi connectivity index (χ0n) is 16.3. The summed E-state index contributed by atoms with van der Waals surface area (Å²) in [7, 11) is 0. The van der Waals surface area contributed by atoms with E-state index in [-0.39, 0.29) is 24.0 Å². The van der Waals surface area contributed by atoms with Crippen molar-refractivity contribution in [1.29, 1.82) is 0 Å². The van der Waals surface area contributed by atoms with Crippen molar-refractivity contribution in [2.24, 2.45) is 0 Å². The molecule has 29 heavy (non-hydrogen) atoms. The third kappa shape index (κ3) is 3.13. The molecular formula is C21H24N6O2. The molecular weight excluding hydrogens is 368 g/mol. The van der Waals surface area contributed by atoms with Gasteiger partial charge >= 0.3 is 0 Å². The molecule has 1 saturated heterocycles. The Bertz CT molecular complexity index is 1030. The summed E-state index contributed by atoms with van der Waals surface area (Å²) in [5.41, 5.74) is 2.41. The number of aryl methyl sites for hydroxylation is 1. The monoisotopic (exact) mass is 392 g/mol. The summed E-state index contributed by atoms with van der Waals surface area (Å²) in [6.07, 6.45) is 5.88. The number of amides is 1. The molecule has 3 heterocycles. The largest absolute Gasteiger partial charge is 0.391 e. The zero-order valence-corrected chi connectivity index (χ0v) is 16.3. The van der Waals surface area contributed by atoms with Gasteiger partial charge in [0, 0.05) is 30.9 Å². The number of imidazole rings is 1. The molecule has 150 valence electrons. The van der Waals surface area contributed by atoms with Crippen LogP contribution in [-0.2, 0) is 0 Å². The van der Waals surface area contributed by atoms with Crippen LogP contribution >= 0.6 is 0 Å². The van der Waals surface area contributed by atoms with Gasteiger partial charge in [0.2, 0.25) is 0 Å². The highest BCUT2D eigenvalue weighted by molar-refractivity contribution is 5.93. The minimum absolute atomic E-state index is 0.0150. The topological polar surface area (TPSA) is 89.1 Å². The summed E-state index contributed by atoms with van der Waals surface area (Å²) in [5.74, 6) is 0.940. The lowest BCUT2D eigenvalue weighted by molar-refractivity contribution is 0.0244. The van der Waals surface area contributed by atoms with Crippen LogP contribution in [0.4, 0.5) is 0 Å². The summed E-state index contributed by atoms with van der Waals surface area (Å²) >= 11 is 0. The molecule has 1 aliphatic carbocycles. The van der Waals surface area contributed by atoms with E-state index >= 15 is 0 Å². The number of para-hydroxylation sites is 1. The van der Waals surface area contributed by atoms with Gasteiger partial charge in [-0.3, -0.25) is 9.36 Å². The van der Waals surface area contributed by atoms with Crippen LogP contribution < -0.4 is 0 Å². The summed E-state index contributed by atoms with van der Waals surface area (Å²) in [6.45, 7) is 3.20. The summed E-state index contributed by atoms with van der Waals surface area (Å²) in [5, 5.41) is 18.4. The fraction of sp³-hybridized carbons (Fsp3) is 0.429. The Balaban J connectivity index is 1.33. The molecule has 5 rings (SSSR count). The smallest absolute Gasteiger partial charge is 0.272 e. The van der Waals surface area contributed by atoms with Crippen molar-refractivity contribution in [3.05, 3.63) is 59.9 Å². The number of carbonyl (C=O) groups is 1. The van der Waals surface area contributed by atoms with E-state index in [0.717, 1.165) is 36.5 Å². The molecule has 1 saturated carbocycles. The third-order valence-electron chi connectivity index (χ3n) is 6.14. The fourth-order valence-electron chi connectivity index (χ4n) is 4.26. The number of hydrogen-bond acceptors (Lipinski definition) is 5. The highest BCUT2D eigenvalue weighted by atomic mass is 16.3. The molecule has 1 aliphatic heterocycles. The van der Waals surface area contributed by atoms with Gasteiger partial charge in [-0.1, -0.05) is 23.4 Å². The number of rotatable bonds is 4. The van der Waals surface area contributed by atoms with Crippen LogP contribution in [0.25, 0.3) is 5.69 Å². The number of benzene rings is 1. The molecule has 1 N–H and O–H groups in total. The maximum atomic E-state index is 13.2. The molecule has 2 aromatic heterocycles. The van der Waals surface area contributed by atoms with E-state index in [9.17, 15) is 9.90 Å². The SMILES string of the molecule is Cc1ncc(C(=O)N2CCC(c3cn([C@@H]4CC[C@H]4O)nn3)C2)n1-c1ccccc1. The van der Waals surface area contributed by atoms with Gasteiger partial charge in [0.1, 0.15) is 11.5 Å². The van der Waals surface area contributed by atoms with Crippen LogP contribution in [-0.4, -0.2) is 59.7 Å². The standard InChI is InChI=1S/C21H24N6O2/c1-14-22-11-19(27(14)16-5-3-2-4-6-16)21(29)25-10-9-15(12-25)17-13-26(24-23-17)18-7-8-20(18)28/h2-6,11,13,15,18,20,28H,7-10,12H2,1H3/t15?,18-,20-/m1/s1. The predicted octanol–water partition coefficient (Wildman–Crippen LogP) is 2.10. The lowest BCUT2D eigenvalue weighted by Gasteiger charge is -2.31. The quantitative estimate of drug-likeness (QED) is 0.734. The van der Waals surface area contributed by atoms with Crippen LogP contribution in [0, 0.1) is 6.92 Å². The fourth-order valence-corrected chi connectivity index (χ4v) is 4.26. The second-order valence-corrected chi connectivity index (χ2v) is 7.93. The number of aliphatic hydroxyl groups excluding tert-OH is 1. The van der Waals surface area contributed by atoms with Crippen LogP contribution in [0.15, 0.2) is 42.7 Å². The van der Waals surface area contributed by atoms with E-state index in [2.05, 4.69) is 15.3 Å². The highest BCUT2D eigenvalue weighted by Crippen LogP contribution is 2.33. The van der Waals surface area contributed by atoms with Crippen LogP contribution in [0.3, 0.4) is 0 Å². The van der Waals surface area contributed by atoms with Gasteiger partial charge in [-0.25, -0.2) is 9.67 Å². The van der Waals surface area contributed by atoms with Crippen molar-refractivity contribution in [2.75, 3.05) is 13.1 Å². The Morgan fingerprint density at radius 1 is 1.17 bits per heavy atom. The number of aliphatic hydroxyl groups is 1. The highest BCUT2D eigenvalue weighted by Gasteiger charge is 2.34. The van der Waals surface area contributed by atoms with Gasteiger partial charge in [0.25, 0.3) is 5.91 Å². The zero-order chi connectivity index (χ0) is 20.0. The minimum atomic E-state index is -0.326. The van der Waals surface area contributed by atoms with Crippen molar-refractivity contribution in [3.63, 3.8) is 0 Å². The molecule has 0 radical (unpaired) electrons. The molecule has 3 aromatic rings. The van der Waals surface area contributed by atoms with Crippen LogP contribution in [0.2, 0.25) is 0 Å². The Labute approximate surface area is 168 Å². The van der Waals surface area contributed by atoms with E-state index in [1.54, 1.807) is 10.9 Å². The Kier molecular flexibility index (Phi) is 4.43. The number of nitrogens with zero attached hydrogens (tertiary/aromatic N) is 6. The third-order valence-corrected chi connectivity index (χ3v) is 6.14. The van der Waals surface area contributed by atoms with Crippen LogP contribution in [0.5, 0.6) is 0 Å². The Hall–Kier alpha value is -3.00. The average molecular weight is 392 g/mol. The van der Waals surface area contributed by atoms with Gasteiger partial charge in [-0.05, 0) is 38.3 Å². The first-order valence-corrected chi connectivity index (χ1v) is 10.1. The summed E-state index contributed by atoms with van der Waals surface area (Å²) in [4.78, 5) is 19.5. The second kappa shape index (κ2) is 7.11. The van der Waals surface area contributed by atoms with Gasteiger partial charge in [-0.2, -0.15) is 0 Å². The Morgan fingerprint density at radius 3 is 2.72 bits per heavy atom. The molecule has 2 aliphatic rings. The van der Waals surface area contributed by atoms with Gasteiger partial charge in [0.15, 0.2) is 0 Å². The van der Waals surface area contributed by atoms with E-state index < -0.39 is 0 Å². The average Bonchev–Trinajstić information content (AvgIpc) is 3.46. The maximum Gasteiger partial charge on any atom is 0.272 e. The first kappa shape index (κ1) is 18.1. The van der Waals surface area contributed by atoms with E-state index in [0.29, 0.717) is 18.8 Å². The lowest BCUT2D eigenvalue weighted by atomic mass is 9.89. The molecule has 2 fully saturated rings. The predicted molar refractivity (Wildman–Crippen MR) is 106 cm³/mol. The maximum absolute atomic E-state index is 13.2. The molecule has 3 atom stereocenters. The number of carbonyl (C=O) groups excluding carboxylic acids is 1. The molecule has 1 unspecified atom stereocenters. The van der Waals surface area contributed by atoms with E-state index in [4.69, 9.17) is 0 Å². The first-order chi connectivity index (χ1) is 14.1. The van der Waals surface area contributed by atoms with Crippen molar-refractivity contribution < 1.29 is 9.90 Å². The van der Waals surface area contributed by atoms with E-state index in [1.165, 1.54) is 0 Å². The number of likely N-dealkylation sites (tertiary alicyclic amines) is 1. The Morgan fingerprint density at radius 2 is 2.00 bits per heavy atom. The molecule has 8 nitrogen and oxygen atoms in total. The lowest BCUT2D eigenvalue weighted by Crippen LogP contribution is -2.34. The second-order valence-electron chi connectivity index (χ2n) is 7.93. The number of hydrogen-bond donors (Lipinski definition) is 1. The summed E-state index contributed by atoms with van der Waals surface area (Å²) in [6, 6.07) is 9.86. The molecule has 1 aromatic carbocycles. The van der Waals surface area contributed by atoms with Crippen molar-refractivity contribution >= 4 is 5.91 Å². The van der Waals surface area contributed by atoms with Gasteiger partial charge in [0.05, 0.1) is 24.0 Å². The van der Waals surface area contributed by atoms with E-state index in [1.807, 2.05) is 52.9 Å². The van der Waals surface area contributed by atoms with Gasteiger partial charge in [-0.15, -0.1) is 5.10 Å². The van der Waals surface area contributed by atoms with Crippen molar-refractivity contribution in [3.8, 4) is 5.69 Å². The minimum Gasteiger partial charge on any atom is -0.391 e. The summed E-state index contributed by atoms with van der Waals surface area (Å²) < 4.78 is 3.69. The van der Waals surface area contributed by atoms with Crippen molar-refractivity contribution in [1.82, 2.24) is 29.4 Å².